The number of hydrogen-bond donors (Lipinski definition) is 1. The van der Waals surface area contributed by atoms with Crippen LogP contribution in [0.2, 0.25) is 0 Å². The first-order chi connectivity index (χ1) is 10.6. The predicted molar refractivity (Wildman–Crippen MR) is 88.3 cm³/mol. The van der Waals surface area contributed by atoms with Crippen LogP contribution < -0.4 is 4.74 Å². The van der Waals surface area contributed by atoms with Crippen LogP contribution in [0, 0.1) is 13.8 Å². The third-order valence-electron chi connectivity index (χ3n) is 4.04. The van der Waals surface area contributed by atoms with Gasteiger partial charge in [-0.1, -0.05) is 0 Å². The van der Waals surface area contributed by atoms with E-state index in [1.165, 1.54) is 11.1 Å². The minimum absolute atomic E-state index is 0.0849. The average Bonchev–Trinajstić information content (AvgIpc) is 2.86. The van der Waals surface area contributed by atoms with E-state index < -0.39 is 0 Å². The highest BCUT2D eigenvalue weighted by molar-refractivity contribution is 5.82. The molecule has 1 heterocycles. The normalized spacial score (nSPS) is 11.1. The fraction of sp³-hybridized carbons (Fsp3) is 0.278. The monoisotopic (exact) mass is 296 g/mol. The zero-order chi connectivity index (χ0) is 15.7. The van der Waals surface area contributed by atoms with Crippen molar-refractivity contribution >= 4 is 11.0 Å². The minimum atomic E-state index is 0.0849. The van der Waals surface area contributed by atoms with Crippen molar-refractivity contribution in [3.05, 3.63) is 47.5 Å². The van der Waals surface area contributed by atoms with Crippen LogP contribution >= 0.6 is 0 Å². The first-order valence-electron chi connectivity index (χ1n) is 7.37. The van der Waals surface area contributed by atoms with Crippen molar-refractivity contribution < 1.29 is 9.84 Å². The van der Waals surface area contributed by atoms with E-state index in [0.29, 0.717) is 6.54 Å². The Kier molecular flexibility index (Phi) is 3.86. The predicted octanol–water partition coefficient (Wildman–Crippen LogP) is 3.32. The lowest BCUT2D eigenvalue weighted by atomic mass is 10.1. The molecule has 4 heteroatoms. The molecular formula is C18H20N2O2. The van der Waals surface area contributed by atoms with Crippen LogP contribution in [0.25, 0.3) is 22.4 Å². The number of imidazole rings is 1. The molecule has 114 valence electrons. The lowest BCUT2D eigenvalue weighted by Gasteiger charge is -2.09. The Hall–Kier alpha value is -2.33. The molecule has 0 radical (unpaired) electrons. The molecule has 1 N–H and O–H groups in total. The number of aryl methyl sites for hydroxylation is 2. The Balaban J connectivity index is 2.20. The van der Waals surface area contributed by atoms with Crippen molar-refractivity contribution in [1.82, 2.24) is 9.55 Å². The number of aromatic nitrogens is 2. The molecule has 0 unspecified atom stereocenters. The fourth-order valence-corrected chi connectivity index (χ4v) is 2.67. The molecule has 0 aliphatic heterocycles. The van der Waals surface area contributed by atoms with E-state index in [1.807, 2.05) is 24.3 Å². The smallest absolute Gasteiger partial charge is 0.141 e. The summed E-state index contributed by atoms with van der Waals surface area (Å²) < 4.78 is 7.28. The Labute approximate surface area is 130 Å². The van der Waals surface area contributed by atoms with Crippen LogP contribution in [0.4, 0.5) is 0 Å². The molecule has 22 heavy (non-hydrogen) atoms. The molecular weight excluding hydrogens is 276 g/mol. The van der Waals surface area contributed by atoms with Gasteiger partial charge in [0.05, 0.1) is 24.8 Å². The summed E-state index contributed by atoms with van der Waals surface area (Å²) >= 11 is 0. The third-order valence-corrected chi connectivity index (χ3v) is 4.04. The van der Waals surface area contributed by atoms with E-state index in [2.05, 4.69) is 30.5 Å². The summed E-state index contributed by atoms with van der Waals surface area (Å²) in [6.45, 7) is 4.80. The molecule has 4 nitrogen and oxygen atoms in total. The number of rotatable bonds is 4. The Morgan fingerprint density at radius 1 is 1.09 bits per heavy atom. The highest BCUT2D eigenvalue weighted by atomic mass is 16.5. The highest BCUT2D eigenvalue weighted by Gasteiger charge is 2.13. The van der Waals surface area contributed by atoms with Crippen LogP contribution in [0.5, 0.6) is 5.75 Å². The molecule has 0 saturated heterocycles. The van der Waals surface area contributed by atoms with E-state index in [4.69, 9.17) is 9.72 Å². The Morgan fingerprint density at radius 2 is 1.77 bits per heavy atom. The molecule has 3 rings (SSSR count). The van der Waals surface area contributed by atoms with Gasteiger partial charge >= 0.3 is 0 Å². The van der Waals surface area contributed by atoms with Gasteiger partial charge in [0, 0.05) is 12.1 Å². The largest absolute Gasteiger partial charge is 0.497 e. The van der Waals surface area contributed by atoms with Gasteiger partial charge in [-0.15, -0.1) is 0 Å². The maximum atomic E-state index is 9.41. The summed E-state index contributed by atoms with van der Waals surface area (Å²) in [5.41, 5.74) is 5.49. The number of methoxy groups -OCH3 is 1. The molecule has 1 aromatic heterocycles. The van der Waals surface area contributed by atoms with Crippen molar-refractivity contribution in [2.45, 2.75) is 20.4 Å². The fourth-order valence-electron chi connectivity index (χ4n) is 2.67. The van der Waals surface area contributed by atoms with Crippen molar-refractivity contribution in [2.24, 2.45) is 0 Å². The summed E-state index contributed by atoms with van der Waals surface area (Å²) in [7, 11) is 1.65. The molecule has 0 saturated carbocycles. The van der Waals surface area contributed by atoms with Crippen LogP contribution in [0.15, 0.2) is 36.4 Å². The van der Waals surface area contributed by atoms with Gasteiger partial charge in [-0.3, -0.25) is 0 Å². The number of hydrogen-bond acceptors (Lipinski definition) is 3. The van der Waals surface area contributed by atoms with Gasteiger partial charge in [0.1, 0.15) is 11.6 Å². The summed E-state index contributed by atoms with van der Waals surface area (Å²) in [6, 6.07) is 12.1. The zero-order valence-electron chi connectivity index (χ0n) is 13.1. The number of aliphatic hydroxyl groups is 1. The lowest BCUT2D eigenvalue weighted by molar-refractivity contribution is 0.278. The topological polar surface area (TPSA) is 47.3 Å². The number of fused-ring (bicyclic) bond motifs is 1. The van der Waals surface area contributed by atoms with Crippen molar-refractivity contribution in [3.63, 3.8) is 0 Å². The third kappa shape index (κ3) is 2.46. The quantitative estimate of drug-likeness (QED) is 0.803. The standard InChI is InChI=1S/C18H20N2O2/c1-12-10-16-17(11-13(12)2)20(8-9-21)18(19-16)14-4-6-15(22-3)7-5-14/h4-7,10-11,21H,8-9H2,1-3H3. The van der Waals surface area contributed by atoms with Crippen LogP contribution in [-0.2, 0) is 6.54 Å². The lowest BCUT2D eigenvalue weighted by Crippen LogP contribution is -2.04. The molecule has 0 amide bonds. The second kappa shape index (κ2) is 5.81. The highest BCUT2D eigenvalue weighted by Crippen LogP contribution is 2.28. The number of benzene rings is 2. The first kappa shape index (κ1) is 14.6. The van der Waals surface area contributed by atoms with Gasteiger partial charge < -0.3 is 14.4 Å². The SMILES string of the molecule is COc1ccc(-c2nc3cc(C)c(C)cc3n2CCO)cc1. The maximum absolute atomic E-state index is 9.41. The number of aliphatic hydroxyl groups excluding tert-OH is 1. The summed E-state index contributed by atoms with van der Waals surface area (Å²) in [5.74, 6) is 1.69. The molecule has 0 atom stereocenters. The zero-order valence-corrected chi connectivity index (χ0v) is 13.1. The van der Waals surface area contributed by atoms with E-state index >= 15 is 0 Å². The van der Waals surface area contributed by atoms with Gasteiger partial charge in [-0.2, -0.15) is 0 Å². The van der Waals surface area contributed by atoms with E-state index in [1.54, 1.807) is 7.11 Å². The van der Waals surface area contributed by atoms with E-state index in [-0.39, 0.29) is 6.61 Å². The molecule has 0 spiro atoms. The van der Waals surface area contributed by atoms with E-state index in [0.717, 1.165) is 28.2 Å². The molecule has 2 aromatic carbocycles. The van der Waals surface area contributed by atoms with Gasteiger partial charge in [0.2, 0.25) is 0 Å². The molecule has 0 aliphatic rings. The van der Waals surface area contributed by atoms with Gasteiger partial charge in [-0.05, 0) is 61.4 Å². The second-order valence-corrected chi connectivity index (χ2v) is 5.46. The van der Waals surface area contributed by atoms with Gasteiger partial charge in [0.15, 0.2) is 0 Å². The van der Waals surface area contributed by atoms with Crippen molar-refractivity contribution in [1.29, 1.82) is 0 Å². The Bertz CT molecular complexity index is 804. The van der Waals surface area contributed by atoms with Crippen LogP contribution in [-0.4, -0.2) is 28.4 Å². The second-order valence-electron chi connectivity index (χ2n) is 5.46. The summed E-state index contributed by atoms with van der Waals surface area (Å²) in [4.78, 5) is 4.77. The van der Waals surface area contributed by atoms with Crippen molar-refractivity contribution in [3.8, 4) is 17.1 Å². The molecule has 0 bridgehead atoms. The Morgan fingerprint density at radius 3 is 2.41 bits per heavy atom. The molecule has 0 fully saturated rings. The molecule has 3 aromatic rings. The van der Waals surface area contributed by atoms with Crippen molar-refractivity contribution in [2.75, 3.05) is 13.7 Å². The van der Waals surface area contributed by atoms with Gasteiger partial charge in [-0.25, -0.2) is 4.98 Å². The number of nitrogens with zero attached hydrogens (tertiary/aromatic N) is 2. The molecule has 0 aliphatic carbocycles. The van der Waals surface area contributed by atoms with Crippen LogP contribution in [0.1, 0.15) is 11.1 Å². The van der Waals surface area contributed by atoms with Crippen LogP contribution in [0.3, 0.4) is 0 Å². The van der Waals surface area contributed by atoms with E-state index in [9.17, 15) is 5.11 Å². The maximum Gasteiger partial charge on any atom is 0.141 e. The average molecular weight is 296 g/mol. The number of ether oxygens (including phenoxy) is 1. The first-order valence-corrected chi connectivity index (χ1v) is 7.37. The van der Waals surface area contributed by atoms with Gasteiger partial charge in [0.25, 0.3) is 0 Å². The minimum Gasteiger partial charge on any atom is -0.497 e. The summed E-state index contributed by atoms with van der Waals surface area (Å²) in [6.07, 6.45) is 0. The summed E-state index contributed by atoms with van der Waals surface area (Å²) in [5, 5.41) is 9.41.